The molecule has 22 heavy (non-hydrogen) atoms. The van der Waals surface area contributed by atoms with Gasteiger partial charge in [-0.1, -0.05) is 24.3 Å². The van der Waals surface area contributed by atoms with Crippen LogP contribution < -0.4 is 0 Å². The van der Waals surface area contributed by atoms with Crippen molar-refractivity contribution in [2.24, 2.45) is 0 Å². The van der Waals surface area contributed by atoms with E-state index in [-0.39, 0.29) is 11.5 Å². The fraction of sp³-hybridized carbons (Fsp3) is 0.353. The number of carbonyl (C=O) groups excluding carboxylic acids is 1. The molecule has 0 bridgehead atoms. The van der Waals surface area contributed by atoms with Crippen molar-refractivity contribution in [2.75, 3.05) is 13.1 Å². The lowest BCUT2D eigenvalue weighted by molar-refractivity contribution is -0.0741. The van der Waals surface area contributed by atoms with E-state index >= 15 is 0 Å². The maximum absolute atomic E-state index is 12.5. The van der Waals surface area contributed by atoms with E-state index in [2.05, 4.69) is 34.5 Å². The first-order chi connectivity index (χ1) is 10.8. The van der Waals surface area contributed by atoms with Gasteiger partial charge in [0.05, 0.1) is 30.2 Å². The van der Waals surface area contributed by atoms with E-state index < -0.39 is 0 Å². The number of carbonyl (C=O) groups is 1. The molecule has 0 radical (unpaired) electrons. The van der Waals surface area contributed by atoms with Crippen LogP contribution in [0.3, 0.4) is 0 Å². The SMILES string of the molecule is O=C(c1ccnnc1)N1CCC2(CC1)OCc1ccccc12. The van der Waals surface area contributed by atoms with Gasteiger partial charge in [0, 0.05) is 13.1 Å². The summed E-state index contributed by atoms with van der Waals surface area (Å²) in [5.74, 6) is 0.0241. The number of hydrogen-bond acceptors (Lipinski definition) is 4. The van der Waals surface area contributed by atoms with Crippen molar-refractivity contribution in [1.82, 2.24) is 15.1 Å². The molecule has 0 atom stereocenters. The van der Waals surface area contributed by atoms with E-state index in [9.17, 15) is 4.79 Å². The van der Waals surface area contributed by atoms with E-state index in [4.69, 9.17) is 4.74 Å². The zero-order valence-electron chi connectivity index (χ0n) is 12.2. The second-order valence-corrected chi connectivity index (χ2v) is 5.86. The van der Waals surface area contributed by atoms with Gasteiger partial charge in [0.15, 0.2) is 0 Å². The molecule has 2 aromatic rings. The number of benzene rings is 1. The lowest BCUT2D eigenvalue weighted by Crippen LogP contribution is -2.45. The van der Waals surface area contributed by atoms with Gasteiger partial charge in [0.25, 0.3) is 5.91 Å². The number of amides is 1. The molecule has 2 aliphatic rings. The van der Waals surface area contributed by atoms with Gasteiger partial charge in [0.1, 0.15) is 0 Å². The summed E-state index contributed by atoms with van der Waals surface area (Å²) in [7, 11) is 0. The Kier molecular flexibility index (Phi) is 3.15. The average molecular weight is 295 g/mol. The number of piperidine rings is 1. The summed E-state index contributed by atoms with van der Waals surface area (Å²) in [6.45, 7) is 2.09. The molecule has 1 saturated heterocycles. The molecular formula is C17H17N3O2. The number of ether oxygens (including phenoxy) is 1. The highest BCUT2D eigenvalue weighted by Crippen LogP contribution is 2.44. The Morgan fingerprint density at radius 1 is 1.14 bits per heavy atom. The largest absolute Gasteiger partial charge is 0.365 e. The topological polar surface area (TPSA) is 55.3 Å². The summed E-state index contributed by atoms with van der Waals surface area (Å²) in [5.41, 5.74) is 2.97. The van der Waals surface area contributed by atoms with Crippen LogP contribution in [0.4, 0.5) is 0 Å². The van der Waals surface area contributed by atoms with Crippen LogP contribution in [-0.2, 0) is 16.9 Å². The van der Waals surface area contributed by atoms with Crippen molar-refractivity contribution in [2.45, 2.75) is 25.0 Å². The highest BCUT2D eigenvalue weighted by Gasteiger charge is 2.43. The van der Waals surface area contributed by atoms with Gasteiger partial charge in [-0.3, -0.25) is 4.79 Å². The highest BCUT2D eigenvalue weighted by molar-refractivity contribution is 5.93. The molecule has 5 heteroatoms. The molecule has 0 N–H and O–H groups in total. The van der Waals surface area contributed by atoms with Crippen LogP contribution in [0.15, 0.2) is 42.7 Å². The van der Waals surface area contributed by atoms with Crippen LogP contribution in [0.2, 0.25) is 0 Å². The molecule has 1 aromatic heterocycles. The Labute approximate surface area is 128 Å². The van der Waals surface area contributed by atoms with Gasteiger partial charge < -0.3 is 9.64 Å². The lowest BCUT2D eigenvalue weighted by atomic mass is 9.83. The number of fused-ring (bicyclic) bond motifs is 2. The van der Waals surface area contributed by atoms with Crippen molar-refractivity contribution < 1.29 is 9.53 Å². The average Bonchev–Trinajstić information content (AvgIpc) is 2.95. The Balaban J connectivity index is 1.51. The summed E-state index contributed by atoms with van der Waals surface area (Å²) in [6, 6.07) is 10.1. The fourth-order valence-corrected chi connectivity index (χ4v) is 3.47. The van der Waals surface area contributed by atoms with Crippen molar-refractivity contribution in [3.63, 3.8) is 0 Å². The zero-order chi connectivity index (χ0) is 15.0. The van der Waals surface area contributed by atoms with Crippen LogP contribution in [0.5, 0.6) is 0 Å². The van der Waals surface area contributed by atoms with Gasteiger partial charge in [-0.15, -0.1) is 0 Å². The lowest BCUT2D eigenvalue weighted by Gasteiger charge is -2.39. The van der Waals surface area contributed by atoms with Crippen molar-refractivity contribution >= 4 is 5.91 Å². The number of rotatable bonds is 1. The number of nitrogens with zero attached hydrogens (tertiary/aromatic N) is 3. The minimum atomic E-state index is -0.204. The smallest absolute Gasteiger partial charge is 0.255 e. The van der Waals surface area contributed by atoms with Gasteiger partial charge in [0.2, 0.25) is 0 Å². The second-order valence-electron chi connectivity index (χ2n) is 5.86. The maximum atomic E-state index is 12.5. The first kappa shape index (κ1) is 13.4. The zero-order valence-corrected chi connectivity index (χ0v) is 12.2. The highest BCUT2D eigenvalue weighted by atomic mass is 16.5. The third-order valence-electron chi connectivity index (χ3n) is 4.70. The Morgan fingerprint density at radius 2 is 1.95 bits per heavy atom. The molecule has 4 rings (SSSR count). The van der Waals surface area contributed by atoms with E-state index in [1.807, 2.05) is 4.90 Å². The van der Waals surface area contributed by atoms with E-state index in [1.54, 1.807) is 12.3 Å². The fourth-order valence-electron chi connectivity index (χ4n) is 3.47. The Morgan fingerprint density at radius 3 is 2.73 bits per heavy atom. The van der Waals surface area contributed by atoms with Crippen LogP contribution >= 0.6 is 0 Å². The minimum absolute atomic E-state index is 0.0241. The van der Waals surface area contributed by atoms with Crippen molar-refractivity contribution in [3.8, 4) is 0 Å². The van der Waals surface area contributed by atoms with Gasteiger partial charge >= 0.3 is 0 Å². The molecule has 1 fully saturated rings. The third-order valence-corrected chi connectivity index (χ3v) is 4.70. The number of hydrogen-bond donors (Lipinski definition) is 0. The molecule has 5 nitrogen and oxygen atoms in total. The number of likely N-dealkylation sites (tertiary alicyclic amines) is 1. The van der Waals surface area contributed by atoms with Crippen LogP contribution in [0, 0.1) is 0 Å². The van der Waals surface area contributed by atoms with Crippen molar-refractivity contribution in [3.05, 3.63) is 59.4 Å². The van der Waals surface area contributed by atoms with E-state index in [0.717, 1.165) is 12.8 Å². The molecule has 0 saturated carbocycles. The molecular weight excluding hydrogens is 278 g/mol. The van der Waals surface area contributed by atoms with Gasteiger partial charge in [-0.2, -0.15) is 10.2 Å². The molecule has 2 aliphatic heterocycles. The summed E-state index contributed by atoms with van der Waals surface area (Å²) in [6.07, 6.45) is 4.76. The Hall–Kier alpha value is -2.27. The van der Waals surface area contributed by atoms with Crippen LogP contribution in [-0.4, -0.2) is 34.1 Å². The maximum Gasteiger partial charge on any atom is 0.255 e. The predicted molar refractivity (Wildman–Crippen MR) is 80.1 cm³/mol. The normalized spacial score (nSPS) is 19.2. The Bertz CT molecular complexity index is 694. The summed E-state index contributed by atoms with van der Waals surface area (Å²) in [4.78, 5) is 14.3. The van der Waals surface area contributed by atoms with Crippen molar-refractivity contribution in [1.29, 1.82) is 0 Å². The summed E-state index contributed by atoms with van der Waals surface area (Å²) >= 11 is 0. The first-order valence-electron chi connectivity index (χ1n) is 7.57. The molecule has 3 heterocycles. The summed E-state index contributed by atoms with van der Waals surface area (Å²) < 4.78 is 6.13. The summed E-state index contributed by atoms with van der Waals surface area (Å²) in [5, 5.41) is 7.49. The third kappa shape index (κ3) is 2.09. The van der Waals surface area contributed by atoms with E-state index in [1.165, 1.54) is 17.3 Å². The second kappa shape index (κ2) is 5.18. The first-order valence-corrected chi connectivity index (χ1v) is 7.57. The predicted octanol–water partition coefficient (Wildman–Crippen LogP) is 2.14. The molecule has 0 aliphatic carbocycles. The molecule has 1 spiro atoms. The molecule has 0 unspecified atom stereocenters. The quantitative estimate of drug-likeness (QED) is 0.809. The van der Waals surface area contributed by atoms with E-state index in [0.29, 0.717) is 25.3 Å². The molecule has 1 aromatic carbocycles. The van der Waals surface area contributed by atoms with Gasteiger partial charge in [-0.05, 0) is 30.0 Å². The molecule has 112 valence electrons. The minimum Gasteiger partial charge on any atom is -0.365 e. The van der Waals surface area contributed by atoms with Gasteiger partial charge in [-0.25, -0.2) is 0 Å². The number of aromatic nitrogens is 2. The standard InChI is InChI=1S/C17H17N3O2/c21-16(13-5-8-18-19-11-13)20-9-6-17(7-10-20)15-4-2-1-3-14(15)12-22-17/h1-5,8,11H,6-7,9-10,12H2. The molecule has 1 amide bonds. The van der Waals surface area contributed by atoms with Crippen LogP contribution in [0.25, 0.3) is 0 Å². The van der Waals surface area contributed by atoms with Crippen LogP contribution in [0.1, 0.15) is 34.3 Å². The monoisotopic (exact) mass is 295 g/mol.